The molecule has 0 aliphatic carbocycles. The second-order valence-corrected chi connectivity index (χ2v) is 4.38. The van der Waals surface area contributed by atoms with Gasteiger partial charge in [-0.15, -0.1) is 11.3 Å². The molecule has 4 heteroatoms. The Kier molecular flexibility index (Phi) is 3.29. The zero-order chi connectivity index (χ0) is 9.14. The molecule has 1 rings (SSSR count). The fourth-order valence-corrected chi connectivity index (χ4v) is 2.55. The van der Waals surface area contributed by atoms with Gasteiger partial charge in [0.15, 0.2) is 0 Å². The molecule has 0 spiro atoms. The standard InChI is InChI=1S/C8H10BrNOS/c1-5-4-12-6(8(5)9)2-3-7(10)11/h4H,2-3H2,1H3,(H2,10,11). The van der Waals surface area contributed by atoms with Crippen LogP contribution in [-0.2, 0) is 11.2 Å². The van der Waals surface area contributed by atoms with Crippen LogP contribution in [0.5, 0.6) is 0 Å². The lowest BCUT2D eigenvalue weighted by atomic mass is 10.2. The number of carbonyl (C=O) groups excluding carboxylic acids is 1. The molecule has 1 aromatic rings. The van der Waals surface area contributed by atoms with Crippen molar-refractivity contribution in [3.05, 3.63) is 20.3 Å². The number of primary amides is 1. The van der Waals surface area contributed by atoms with Gasteiger partial charge >= 0.3 is 0 Å². The van der Waals surface area contributed by atoms with Crippen LogP contribution in [0, 0.1) is 6.92 Å². The van der Waals surface area contributed by atoms with E-state index in [0.717, 1.165) is 10.9 Å². The van der Waals surface area contributed by atoms with E-state index >= 15 is 0 Å². The predicted octanol–water partition coefficient (Wildman–Crippen LogP) is 2.24. The normalized spacial score (nSPS) is 10.2. The Hall–Kier alpha value is -0.350. The van der Waals surface area contributed by atoms with Crippen molar-refractivity contribution in [2.75, 3.05) is 0 Å². The number of hydrogen-bond acceptors (Lipinski definition) is 2. The monoisotopic (exact) mass is 247 g/mol. The van der Waals surface area contributed by atoms with Gasteiger partial charge in [-0.2, -0.15) is 0 Å². The van der Waals surface area contributed by atoms with E-state index in [-0.39, 0.29) is 5.91 Å². The summed E-state index contributed by atoms with van der Waals surface area (Å²) in [6.45, 7) is 2.04. The molecule has 0 aliphatic rings. The summed E-state index contributed by atoms with van der Waals surface area (Å²) < 4.78 is 1.12. The topological polar surface area (TPSA) is 43.1 Å². The van der Waals surface area contributed by atoms with Crippen molar-refractivity contribution >= 4 is 33.2 Å². The van der Waals surface area contributed by atoms with Crippen LogP contribution in [0.2, 0.25) is 0 Å². The lowest BCUT2D eigenvalue weighted by Crippen LogP contribution is -2.10. The minimum Gasteiger partial charge on any atom is -0.370 e. The molecule has 0 fully saturated rings. The van der Waals surface area contributed by atoms with Gasteiger partial charge in [-0.25, -0.2) is 0 Å². The minimum absolute atomic E-state index is 0.243. The zero-order valence-electron chi connectivity index (χ0n) is 6.76. The van der Waals surface area contributed by atoms with Gasteiger partial charge in [0.25, 0.3) is 0 Å². The fourth-order valence-electron chi connectivity index (χ4n) is 0.888. The molecule has 0 atom stereocenters. The van der Waals surface area contributed by atoms with Crippen molar-refractivity contribution in [2.24, 2.45) is 5.73 Å². The summed E-state index contributed by atoms with van der Waals surface area (Å²) in [5.74, 6) is -0.243. The second-order valence-electron chi connectivity index (χ2n) is 2.62. The lowest BCUT2D eigenvalue weighted by molar-refractivity contribution is -0.117. The molecule has 1 amide bonds. The number of rotatable bonds is 3. The van der Waals surface area contributed by atoms with Crippen LogP contribution in [0.1, 0.15) is 16.9 Å². The Morgan fingerprint density at radius 2 is 2.42 bits per heavy atom. The SMILES string of the molecule is Cc1csc(CCC(N)=O)c1Br. The highest BCUT2D eigenvalue weighted by molar-refractivity contribution is 9.10. The summed E-state index contributed by atoms with van der Waals surface area (Å²) in [7, 11) is 0. The van der Waals surface area contributed by atoms with Gasteiger partial charge in [-0.1, -0.05) is 0 Å². The summed E-state index contributed by atoms with van der Waals surface area (Å²) >= 11 is 5.12. The average Bonchev–Trinajstić information content (AvgIpc) is 2.30. The Morgan fingerprint density at radius 3 is 2.83 bits per heavy atom. The smallest absolute Gasteiger partial charge is 0.217 e. The van der Waals surface area contributed by atoms with Crippen LogP contribution in [0.4, 0.5) is 0 Å². The van der Waals surface area contributed by atoms with Crippen LogP contribution < -0.4 is 5.73 Å². The molecule has 12 heavy (non-hydrogen) atoms. The first kappa shape index (κ1) is 9.74. The van der Waals surface area contributed by atoms with Gasteiger partial charge in [0.05, 0.1) is 0 Å². The molecular formula is C8H10BrNOS. The lowest BCUT2D eigenvalue weighted by Gasteiger charge is -1.95. The van der Waals surface area contributed by atoms with E-state index in [1.165, 1.54) is 10.4 Å². The van der Waals surface area contributed by atoms with Gasteiger partial charge in [-0.05, 0) is 40.2 Å². The number of carbonyl (C=O) groups is 1. The van der Waals surface area contributed by atoms with Crippen molar-refractivity contribution in [1.82, 2.24) is 0 Å². The molecule has 1 aromatic heterocycles. The third kappa shape index (κ3) is 2.32. The summed E-state index contributed by atoms with van der Waals surface area (Å²) in [6.07, 6.45) is 1.17. The Labute approximate surface area is 83.9 Å². The molecule has 2 N–H and O–H groups in total. The van der Waals surface area contributed by atoms with Crippen LogP contribution >= 0.6 is 27.3 Å². The number of aryl methyl sites for hydroxylation is 2. The van der Waals surface area contributed by atoms with Crippen LogP contribution in [0.15, 0.2) is 9.85 Å². The number of nitrogens with two attached hydrogens (primary N) is 1. The van der Waals surface area contributed by atoms with E-state index < -0.39 is 0 Å². The molecule has 0 saturated carbocycles. The van der Waals surface area contributed by atoms with E-state index in [0.29, 0.717) is 6.42 Å². The zero-order valence-corrected chi connectivity index (χ0v) is 9.17. The highest BCUT2D eigenvalue weighted by Crippen LogP contribution is 2.28. The van der Waals surface area contributed by atoms with Gasteiger partial charge in [-0.3, -0.25) is 4.79 Å². The first-order valence-electron chi connectivity index (χ1n) is 3.62. The fraction of sp³-hybridized carbons (Fsp3) is 0.375. The quantitative estimate of drug-likeness (QED) is 0.875. The summed E-state index contributed by atoms with van der Waals surface area (Å²) in [4.78, 5) is 11.7. The molecule has 66 valence electrons. The molecule has 0 aromatic carbocycles. The average molecular weight is 248 g/mol. The van der Waals surface area contributed by atoms with E-state index in [1.54, 1.807) is 11.3 Å². The van der Waals surface area contributed by atoms with Gasteiger partial charge < -0.3 is 5.73 Å². The molecule has 0 bridgehead atoms. The van der Waals surface area contributed by atoms with Crippen molar-refractivity contribution in [1.29, 1.82) is 0 Å². The summed E-state index contributed by atoms with van der Waals surface area (Å²) in [6, 6.07) is 0. The first-order valence-corrected chi connectivity index (χ1v) is 5.29. The van der Waals surface area contributed by atoms with E-state index in [9.17, 15) is 4.79 Å². The third-order valence-electron chi connectivity index (χ3n) is 1.57. The summed E-state index contributed by atoms with van der Waals surface area (Å²) in [5, 5.41) is 2.07. The van der Waals surface area contributed by atoms with Gasteiger partial charge in [0.2, 0.25) is 5.91 Å². The van der Waals surface area contributed by atoms with Crippen LogP contribution in [0.3, 0.4) is 0 Å². The van der Waals surface area contributed by atoms with Crippen molar-refractivity contribution < 1.29 is 4.79 Å². The Morgan fingerprint density at radius 1 is 1.75 bits per heavy atom. The molecule has 0 unspecified atom stereocenters. The highest BCUT2D eigenvalue weighted by Gasteiger charge is 2.06. The maximum absolute atomic E-state index is 10.5. The van der Waals surface area contributed by atoms with E-state index in [2.05, 4.69) is 21.3 Å². The maximum Gasteiger partial charge on any atom is 0.217 e. The first-order chi connectivity index (χ1) is 5.61. The number of thiophene rings is 1. The predicted molar refractivity (Wildman–Crippen MR) is 54.3 cm³/mol. The molecule has 0 saturated heterocycles. The minimum atomic E-state index is -0.243. The third-order valence-corrected chi connectivity index (χ3v) is 4.10. The number of amides is 1. The van der Waals surface area contributed by atoms with Gasteiger partial charge in [0, 0.05) is 15.8 Å². The Bertz CT molecular complexity index is 295. The molecular weight excluding hydrogens is 238 g/mol. The second kappa shape index (κ2) is 4.05. The van der Waals surface area contributed by atoms with Crippen molar-refractivity contribution in [3.63, 3.8) is 0 Å². The molecule has 2 nitrogen and oxygen atoms in total. The highest BCUT2D eigenvalue weighted by atomic mass is 79.9. The van der Waals surface area contributed by atoms with E-state index in [1.807, 2.05) is 6.92 Å². The van der Waals surface area contributed by atoms with E-state index in [4.69, 9.17) is 5.73 Å². The van der Waals surface area contributed by atoms with Crippen LogP contribution in [-0.4, -0.2) is 5.91 Å². The Balaban J connectivity index is 2.63. The number of halogens is 1. The summed E-state index contributed by atoms with van der Waals surface area (Å²) in [5.41, 5.74) is 6.27. The molecule has 0 radical (unpaired) electrons. The van der Waals surface area contributed by atoms with Crippen molar-refractivity contribution in [2.45, 2.75) is 19.8 Å². The van der Waals surface area contributed by atoms with Crippen molar-refractivity contribution in [3.8, 4) is 0 Å². The maximum atomic E-state index is 10.5. The molecule has 1 heterocycles. The van der Waals surface area contributed by atoms with Gasteiger partial charge in [0.1, 0.15) is 0 Å². The van der Waals surface area contributed by atoms with Crippen LogP contribution in [0.25, 0.3) is 0 Å². The largest absolute Gasteiger partial charge is 0.370 e. The number of hydrogen-bond donors (Lipinski definition) is 1. The molecule has 0 aliphatic heterocycles.